The summed E-state index contributed by atoms with van der Waals surface area (Å²) >= 11 is 5.85. The minimum atomic E-state index is -0.748. The number of nitrogens with zero attached hydrogens (tertiary/aromatic N) is 3. The molecule has 0 bridgehead atoms. The second kappa shape index (κ2) is 6.93. The quantitative estimate of drug-likeness (QED) is 0.463. The predicted molar refractivity (Wildman–Crippen MR) is 83.5 cm³/mol. The molecule has 0 aromatic heterocycles. The summed E-state index contributed by atoms with van der Waals surface area (Å²) in [6.45, 7) is 1.83. The molecule has 9 heteroatoms. The van der Waals surface area contributed by atoms with Crippen LogP contribution in [0.25, 0.3) is 0 Å². The summed E-state index contributed by atoms with van der Waals surface area (Å²) in [5.74, 6) is -1.41. The van der Waals surface area contributed by atoms with Gasteiger partial charge in [-0.2, -0.15) is 0 Å². The summed E-state index contributed by atoms with van der Waals surface area (Å²) in [5, 5.41) is 15.4. The molecule has 0 spiro atoms. The van der Waals surface area contributed by atoms with Gasteiger partial charge in [-0.25, -0.2) is 4.79 Å². The largest absolute Gasteiger partial charge is 0.461 e. The van der Waals surface area contributed by atoms with E-state index in [2.05, 4.69) is 5.16 Å². The lowest BCUT2D eigenvalue weighted by atomic mass is 9.91. The highest BCUT2D eigenvalue weighted by Gasteiger charge is 2.44. The Labute approximate surface area is 137 Å². The maximum atomic E-state index is 12.1. The van der Waals surface area contributed by atoms with Gasteiger partial charge in [-0.15, -0.1) is 0 Å². The third-order valence-corrected chi connectivity index (χ3v) is 3.59. The van der Waals surface area contributed by atoms with E-state index in [1.165, 1.54) is 18.2 Å². The number of likely N-dealkylation sites (N-methyl/N-ethyl adjacent to an activating group) is 1. The van der Waals surface area contributed by atoms with E-state index in [4.69, 9.17) is 21.2 Å². The number of hydrogen-bond acceptors (Lipinski definition) is 7. The number of hydrogen-bond donors (Lipinski definition) is 0. The number of ether oxygens (including phenoxy) is 1. The van der Waals surface area contributed by atoms with Gasteiger partial charge in [0.2, 0.25) is 0 Å². The Balaban J connectivity index is 2.53. The third-order valence-electron chi connectivity index (χ3n) is 3.36. The lowest BCUT2D eigenvalue weighted by Gasteiger charge is -2.24. The molecule has 0 radical (unpaired) electrons. The second-order valence-corrected chi connectivity index (χ2v) is 5.53. The van der Waals surface area contributed by atoms with E-state index < -0.39 is 23.0 Å². The molecule has 0 aliphatic carbocycles. The van der Waals surface area contributed by atoms with Crippen molar-refractivity contribution in [3.63, 3.8) is 0 Å². The molecule has 1 aromatic rings. The van der Waals surface area contributed by atoms with Crippen LogP contribution in [-0.4, -0.2) is 48.4 Å². The topological polar surface area (TPSA) is 94.3 Å². The van der Waals surface area contributed by atoms with Gasteiger partial charge in [-0.1, -0.05) is 16.8 Å². The number of rotatable bonds is 5. The average molecular weight is 342 g/mol. The molecule has 0 amide bonds. The molecule has 1 aliphatic heterocycles. The Morgan fingerprint density at radius 3 is 2.78 bits per heavy atom. The van der Waals surface area contributed by atoms with E-state index in [1.54, 1.807) is 25.9 Å². The molecule has 2 atom stereocenters. The van der Waals surface area contributed by atoms with Crippen molar-refractivity contribution >= 4 is 29.0 Å². The summed E-state index contributed by atoms with van der Waals surface area (Å²) < 4.78 is 4.97. The molecule has 1 heterocycles. The molecule has 8 nitrogen and oxygen atoms in total. The summed E-state index contributed by atoms with van der Waals surface area (Å²) in [5.41, 5.74) is 0.0928. The zero-order chi connectivity index (χ0) is 17.1. The van der Waals surface area contributed by atoms with Crippen LogP contribution >= 0.6 is 11.6 Å². The molecular weight excluding hydrogens is 326 g/mol. The maximum absolute atomic E-state index is 12.1. The van der Waals surface area contributed by atoms with Crippen LogP contribution < -0.4 is 0 Å². The molecule has 124 valence electrons. The summed E-state index contributed by atoms with van der Waals surface area (Å²) in [4.78, 5) is 29.9. The van der Waals surface area contributed by atoms with Crippen molar-refractivity contribution in [1.82, 2.24) is 4.90 Å². The number of carbonyl (C=O) groups is 1. The van der Waals surface area contributed by atoms with Gasteiger partial charge in [0.15, 0.2) is 11.9 Å². The molecular formula is C14H16ClN3O5. The van der Waals surface area contributed by atoms with E-state index >= 15 is 0 Å². The first-order chi connectivity index (χ1) is 10.9. The van der Waals surface area contributed by atoms with Crippen LogP contribution in [0.4, 0.5) is 5.69 Å². The number of esters is 1. The van der Waals surface area contributed by atoms with Crippen LogP contribution in [0.2, 0.25) is 5.02 Å². The lowest BCUT2D eigenvalue weighted by Crippen LogP contribution is -2.37. The minimum Gasteiger partial charge on any atom is -0.461 e. The van der Waals surface area contributed by atoms with Crippen molar-refractivity contribution in [2.45, 2.75) is 19.1 Å². The number of nitro benzene ring substituents is 1. The van der Waals surface area contributed by atoms with E-state index in [9.17, 15) is 14.9 Å². The average Bonchev–Trinajstić information content (AvgIpc) is 2.92. The van der Waals surface area contributed by atoms with Gasteiger partial charge in [-0.3, -0.25) is 15.0 Å². The molecule has 0 N–H and O–H groups in total. The van der Waals surface area contributed by atoms with Gasteiger partial charge < -0.3 is 9.57 Å². The van der Waals surface area contributed by atoms with Gasteiger partial charge in [0.1, 0.15) is 0 Å². The Kier molecular flexibility index (Phi) is 5.17. The van der Waals surface area contributed by atoms with Crippen LogP contribution in [0.15, 0.2) is 23.4 Å². The summed E-state index contributed by atoms with van der Waals surface area (Å²) in [6, 6.07) is 4.27. The van der Waals surface area contributed by atoms with Crippen LogP contribution in [-0.2, 0) is 14.4 Å². The first-order valence-corrected chi connectivity index (χ1v) is 7.25. The second-order valence-electron chi connectivity index (χ2n) is 5.09. The highest BCUT2D eigenvalue weighted by atomic mass is 35.5. The fraction of sp³-hybridized carbons (Fsp3) is 0.429. The Hall–Kier alpha value is -2.19. The number of nitro groups is 1. The predicted octanol–water partition coefficient (Wildman–Crippen LogP) is 2.17. The molecule has 1 aliphatic rings. The van der Waals surface area contributed by atoms with Crippen molar-refractivity contribution in [3.8, 4) is 0 Å². The van der Waals surface area contributed by atoms with Gasteiger partial charge in [-0.05, 0) is 33.2 Å². The number of oxime groups is 1. The van der Waals surface area contributed by atoms with Gasteiger partial charge in [0, 0.05) is 16.7 Å². The van der Waals surface area contributed by atoms with E-state index in [1.807, 2.05) is 0 Å². The van der Waals surface area contributed by atoms with E-state index in [0.29, 0.717) is 5.56 Å². The summed E-state index contributed by atoms with van der Waals surface area (Å²) in [7, 11) is 3.45. The Bertz CT molecular complexity index is 662. The maximum Gasteiger partial charge on any atom is 0.356 e. The smallest absolute Gasteiger partial charge is 0.356 e. The van der Waals surface area contributed by atoms with Crippen LogP contribution in [0.5, 0.6) is 0 Å². The van der Waals surface area contributed by atoms with Gasteiger partial charge >= 0.3 is 5.97 Å². The lowest BCUT2D eigenvalue weighted by molar-refractivity contribution is -0.385. The van der Waals surface area contributed by atoms with E-state index in [0.717, 1.165) is 0 Å². The van der Waals surface area contributed by atoms with Crippen molar-refractivity contribution < 1.29 is 19.3 Å². The van der Waals surface area contributed by atoms with Crippen molar-refractivity contribution in [2.24, 2.45) is 5.16 Å². The monoisotopic (exact) mass is 341 g/mol. The fourth-order valence-corrected chi connectivity index (χ4v) is 2.53. The normalized spacial score (nSPS) is 20.1. The minimum absolute atomic E-state index is 0.00373. The zero-order valence-electron chi connectivity index (χ0n) is 12.9. The number of carbonyl (C=O) groups excluding carboxylic acids is 1. The zero-order valence-corrected chi connectivity index (χ0v) is 13.6. The molecule has 0 fully saturated rings. The fourth-order valence-electron chi connectivity index (χ4n) is 2.36. The first kappa shape index (κ1) is 17.2. The third kappa shape index (κ3) is 3.43. The summed E-state index contributed by atoms with van der Waals surface area (Å²) in [6.07, 6.45) is -0.658. The number of benzene rings is 1. The van der Waals surface area contributed by atoms with Crippen LogP contribution in [0, 0.1) is 10.1 Å². The molecule has 2 unspecified atom stereocenters. The molecule has 0 saturated heterocycles. The molecule has 0 saturated carbocycles. The number of halogens is 1. The first-order valence-electron chi connectivity index (χ1n) is 6.87. The van der Waals surface area contributed by atoms with Crippen molar-refractivity contribution in [2.75, 3.05) is 20.7 Å². The Morgan fingerprint density at radius 2 is 2.22 bits per heavy atom. The Morgan fingerprint density at radius 1 is 1.52 bits per heavy atom. The van der Waals surface area contributed by atoms with E-state index in [-0.39, 0.29) is 23.0 Å². The van der Waals surface area contributed by atoms with Crippen molar-refractivity contribution in [1.29, 1.82) is 0 Å². The SMILES string of the molecule is CCOC(=O)C1=NOC(N(C)C)C1c1ccc(Cl)cc1[N+](=O)[O-]. The molecule has 23 heavy (non-hydrogen) atoms. The highest BCUT2D eigenvalue weighted by molar-refractivity contribution is 6.39. The van der Waals surface area contributed by atoms with Crippen LogP contribution in [0.1, 0.15) is 18.4 Å². The molecule has 1 aromatic carbocycles. The van der Waals surface area contributed by atoms with Gasteiger partial charge in [0.25, 0.3) is 5.69 Å². The standard InChI is InChI=1S/C14H16ClN3O5/c1-4-22-14(19)12-11(13(17(2)3)23-16-12)9-6-5-8(15)7-10(9)18(20)21/h5-7,11,13H,4H2,1-3H3. The van der Waals surface area contributed by atoms with Gasteiger partial charge in [0.05, 0.1) is 17.4 Å². The van der Waals surface area contributed by atoms with Crippen molar-refractivity contribution in [3.05, 3.63) is 38.9 Å². The van der Waals surface area contributed by atoms with Crippen LogP contribution in [0.3, 0.4) is 0 Å². The highest BCUT2D eigenvalue weighted by Crippen LogP contribution is 2.37. The molecule has 2 rings (SSSR count).